The molecule has 5 N–H and O–H groups in total. The topological polar surface area (TPSA) is 166 Å². The summed E-state index contributed by atoms with van der Waals surface area (Å²) in [5.41, 5.74) is 4.60. The van der Waals surface area contributed by atoms with E-state index in [1.54, 1.807) is 0 Å². The van der Waals surface area contributed by atoms with Crippen molar-refractivity contribution in [3.05, 3.63) is 22.7 Å². The number of nitrogens with two attached hydrogens (primary N) is 1. The van der Waals surface area contributed by atoms with Crippen LogP contribution in [-0.2, 0) is 18.6 Å². The monoisotopic (exact) mass is 426 g/mol. The third-order valence-corrected chi connectivity index (χ3v) is 6.49. The molecule has 27 heavy (non-hydrogen) atoms. The molecule has 1 aromatic heterocycles. The normalized spacial score (nSPS) is 28.5. The van der Waals surface area contributed by atoms with E-state index < -0.39 is 55.0 Å². The summed E-state index contributed by atoms with van der Waals surface area (Å²) >= 11 is 0.851. The van der Waals surface area contributed by atoms with Crippen LogP contribution in [0, 0.1) is 0 Å². The molecule has 0 radical (unpaired) electrons. The second kappa shape index (κ2) is 8.67. The van der Waals surface area contributed by atoms with Crippen LogP contribution < -0.4 is 16.5 Å². The van der Waals surface area contributed by atoms with Gasteiger partial charge in [-0.05, 0) is 13.0 Å². The number of ether oxygens (including phenoxy) is 1. The second-order valence-electron chi connectivity index (χ2n) is 5.73. The largest absolute Gasteiger partial charge is 0.468 e. The van der Waals surface area contributed by atoms with Gasteiger partial charge in [0.1, 0.15) is 23.3 Å². The van der Waals surface area contributed by atoms with E-state index in [2.05, 4.69) is 14.8 Å². The zero-order chi connectivity index (χ0) is 20.4. The number of rotatable bonds is 7. The highest BCUT2D eigenvalue weighted by molar-refractivity contribution is 8.00. The molecule has 0 saturated carbocycles. The lowest BCUT2D eigenvalue weighted by molar-refractivity contribution is -0.142. The standard InChI is InChI=1S/C13H20FN4O7PS/c1-6(12(20)24-2)17-26(22,23)25-5-7-10(19)9(14)11(27-7)18-4-3-8(15)16-13(18)21/h3-4,6-7,9-11,19H,5H2,1-2H3,(H2,15,16,21)(H2,17,22,23)/t6-,7+,9-,10+,11+/m0/s1. The summed E-state index contributed by atoms with van der Waals surface area (Å²) in [5, 5.41) is 10.1. The Kier molecular flexibility index (Phi) is 7.00. The second-order valence-corrected chi connectivity index (χ2v) is 8.65. The molecule has 0 amide bonds. The fraction of sp³-hybridized carbons (Fsp3) is 0.615. The van der Waals surface area contributed by atoms with Gasteiger partial charge in [0.15, 0.2) is 6.17 Å². The van der Waals surface area contributed by atoms with Crippen LogP contribution in [0.25, 0.3) is 0 Å². The minimum atomic E-state index is -4.42. The van der Waals surface area contributed by atoms with Crippen LogP contribution in [0.2, 0.25) is 0 Å². The lowest BCUT2D eigenvalue weighted by Crippen LogP contribution is -2.35. The van der Waals surface area contributed by atoms with Gasteiger partial charge in [-0.25, -0.2) is 18.8 Å². The van der Waals surface area contributed by atoms with Crippen molar-refractivity contribution < 1.29 is 33.0 Å². The Morgan fingerprint density at radius 1 is 1.63 bits per heavy atom. The maximum absolute atomic E-state index is 14.4. The van der Waals surface area contributed by atoms with Gasteiger partial charge in [-0.2, -0.15) is 4.98 Å². The summed E-state index contributed by atoms with van der Waals surface area (Å²) in [6, 6.07) is 0.193. The highest BCUT2D eigenvalue weighted by Crippen LogP contribution is 2.46. The molecule has 152 valence electrons. The van der Waals surface area contributed by atoms with Crippen molar-refractivity contribution in [3.63, 3.8) is 0 Å². The van der Waals surface area contributed by atoms with Crippen LogP contribution in [0.5, 0.6) is 0 Å². The zero-order valence-electron chi connectivity index (χ0n) is 14.4. The summed E-state index contributed by atoms with van der Waals surface area (Å²) in [4.78, 5) is 36.4. The van der Waals surface area contributed by atoms with Crippen molar-refractivity contribution in [2.75, 3.05) is 19.5 Å². The fourth-order valence-electron chi connectivity index (χ4n) is 2.37. The van der Waals surface area contributed by atoms with Gasteiger partial charge in [0.05, 0.1) is 19.0 Å². The Hall–Kier alpha value is -1.50. The number of hydrogen-bond donors (Lipinski definition) is 4. The fourth-order valence-corrected chi connectivity index (χ4v) is 4.92. The van der Waals surface area contributed by atoms with Crippen LogP contribution in [-0.4, -0.2) is 62.8 Å². The number of alkyl halides is 1. The molecule has 1 fully saturated rings. The van der Waals surface area contributed by atoms with Crippen LogP contribution in [0.4, 0.5) is 10.2 Å². The summed E-state index contributed by atoms with van der Waals surface area (Å²) in [5.74, 6) is -0.802. The molecule has 0 spiro atoms. The van der Waals surface area contributed by atoms with E-state index >= 15 is 0 Å². The first-order valence-electron chi connectivity index (χ1n) is 7.71. The number of carbonyl (C=O) groups excluding carboxylic acids is 1. The number of thioether (sulfide) groups is 1. The summed E-state index contributed by atoms with van der Waals surface area (Å²) < 4.78 is 36.7. The lowest BCUT2D eigenvalue weighted by Gasteiger charge is -2.20. The first-order valence-corrected chi connectivity index (χ1v) is 10.2. The molecule has 2 rings (SSSR count). The van der Waals surface area contributed by atoms with Crippen molar-refractivity contribution in [2.24, 2.45) is 0 Å². The minimum Gasteiger partial charge on any atom is -0.468 e. The average Bonchev–Trinajstić information content (AvgIpc) is 2.87. The molecule has 2 heterocycles. The Balaban J connectivity index is 2.02. The SMILES string of the molecule is COC(=O)[C@H](C)NP(=O)(O)OC[C@H]1S[C@@H](n2ccc(N)nc2=O)[C@@H](F)[C@@H]1O. The van der Waals surface area contributed by atoms with Crippen molar-refractivity contribution in [3.8, 4) is 0 Å². The van der Waals surface area contributed by atoms with Crippen LogP contribution >= 0.6 is 19.5 Å². The number of aromatic nitrogens is 2. The maximum Gasteiger partial charge on any atom is 0.403 e. The summed E-state index contributed by atoms with van der Waals surface area (Å²) in [6.45, 7) is 0.792. The summed E-state index contributed by atoms with van der Waals surface area (Å²) in [7, 11) is -3.30. The first-order chi connectivity index (χ1) is 12.6. The van der Waals surface area contributed by atoms with Gasteiger partial charge in [-0.15, -0.1) is 11.8 Å². The number of anilines is 1. The molecule has 1 unspecified atom stereocenters. The van der Waals surface area contributed by atoms with E-state index in [-0.39, 0.29) is 5.82 Å². The maximum atomic E-state index is 14.4. The molecule has 0 bridgehead atoms. The molecule has 6 atom stereocenters. The highest BCUT2D eigenvalue weighted by Gasteiger charge is 2.46. The van der Waals surface area contributed by atoms with Crippen molar-refractivity contribution >= 4 is 31.3 Å². The molecule has 11 nitrogen and oxygen atoms in total. The van der Waals surface area contributed by atoms with Gasteiger partial charge < -0.3 is 20.5 Å². The van der Waals surface area contributed by atoms with Gasteiger partial charge in [-0.3, -0.25) is 13.9 Å². The van der Waals surface area contributed by atoms with Gasteiger partial charge in [0.25, 0.3) is 0 Å². The van der Waals surface area contributed by atoms with Gasteiger partial charge in [0.2, 0.25) is 0 Å². The minimum absolute atomic E-state index is 0.0258. The van der Waals surface area contributed by atoms with Gasteiger partial charge in [-0.1, -0.05) is 0 Å². The number of hydrogen-bond acceptors (Lipinski definition) is 9. The van der Waals surface area contributed by atoms with E-state index in [9.17, 15) is 28.5 Å². The molecule has 1 aromatic rings. The van der Waals surface area contributed by atoms with Crippen molar-refractivity contribution in [2.45, 2.75) is 35.9 Å². The number of esters is 1. The molecule has 1 aliphatic rings. The van der Waals surface area contributed by atoms with Crippen LogP contribution in [0.1, 0.15) is 12.3 Å². The van der Waals surface area contributed by atoms with Crippen molar-refractivity contribution in [1.29, 1.82) is 0 Å². The molecular weight excluding hydrogens is 406 g/mol. The quantitative estimate of drug-likeness (QED) is 0.325. The number of carbonyl (C=O) groups is 1. The number of nitrogens with one attached hydrogen (secondary N) is 1. The van der Waals surface area contributed by atoms with E-state index in [4.69, 9.17) is 10.3 Å². The van der Waals surface area contributed by atoms with E-state index in [0.29, 0.717) is 0 Å². The molecule has 14 heteroatoms. The lowest BCUT2D eigenvalue weighted by atomic mass is 10.1. The van der Waals surface area contributed by atoms with Crippen LogP contribution in [0.3, 0.4) is 0 Å². The number of aliphatic hydroxyl groups excluding tert-OH is 1. The molecule has 1 saturated heterocycles. The van der Waals surface area contributed by atoms with Crippen molar-refractivity contribution in [1.82, 2.24) is 14.6 Å². The van der Waals surface area contributed by atoms with E-state index in [0.717, 1.165) is 23.4 Å². The molecule has 1 aliphatic heterocycles. The zero-order valence-corrected chi connectivity index (χ0v) is 16.1. The smallest absolute Gasteiger partial charge is 0.403 e. The number of nitrogens with zero attached hydrogens (tertiary/aromatic N) is 2. The molecule has 0 aromatic carbocycles. The average molecular weight is 426 g/mol. The highest BCUT2D eigenvalue weighted by atomic mass is 32.2. The number of methoxy groups -OCH3 is 1. The number of halogens is 1. The number of nitrogen functional groups attached to an aromatic ring is 1. The third-order valence-electron chi connectivity index (χ3n) is 3.74. The predicted molar refractivity (Wildman–Crippen MR) is 94.6 cm³/mol. The van der Waals surface area contributed by atoms with Crippen LogP contribution in [0.15, 0.2) is 17.1 Å². The predicted octanol–water partition coefficient (Wildman–Crippen LogP) is -0.593. The summed E-state index contributed by atoms with van der Waals surface area (Å²) in [6.07, 6.45) is -2.14. The third kappa shape index (κ3) is 5.27. The first kappa shape index (κ1) is 21.8. The molecular formula is C13H20FN4O7PS. The Labute approximate surface area is 157 Å². The van der Waals surface area contributed by atoms with E-state index in [1.807, 2.05) is 0 Å². The number of aliphatic hydroxyl groups is 1. The van der Waals surface area contributed by atoms with Gasteiger partial charge in [0, 0.05) is 6.20 Å². The Morgan fingerprint density at radius 2 is 2.30 bits per heavy atom. The van der Waals surface area contributed by atoms with E-state index in [1.165, 1.54) is 19.2 Å². The Morgan fingerprint density at radius 3 is 2.89 bits per heavy atom. The Bertz CT molecular complexity index is 796. The molecule has 0 aliphatic carbocycles. The van der Waals surface area contributed by atoms with Gasteiger partial charge >= 0.3 is 19.4 Å².